The van der Waals surface area contributed by atoms with Gasteiger partial charge in [-0.1, -0.05) is 0 Å². The Bertz CT molecular complexity index is 1230. The summed E-state index contributed by atoms with van der Waals surface area (Å²) in [6.45, 7) is 0. The molecule has 4 rings (SSSR count). The van der Waals surface area contributed by atoms with Gasteiger partial charge in [-0.2, -0.15) is 9.97 Å². The molecule has 0 radical (unpaired) electrons. The lowest BCUT2D eigenvalue weighted by Crippen LogP contribution is -2.11. The van der Waals surface area contributed by atoms with Crippen molar-refractivity contribution in [3.63, 3.8) is 0 Å². The van der Waals surface area contributed by atoms with Crippen LogP contribution < -0.4 is 30.0 Å². The van der Waals surface area contributed by atoms with Crippen LogP contribution in [0.3, 0.4) is 0 Å². The van der Waals surface area contributed by atoms with Gasteiger partial charge in [-0.3, -0.25) is 9.55 Å². The maximum atomic E-state index is 11.8. The predicted octanol–water partition coefficient (Wildman–Crippen LogP) is 2.95. The van der Waals surface area contributed by atoms with E-state index in [-0.39, 0.29) is 29.7 Å². The van der Waals surface area contributed by atoms with Crippen molar-refractivity contribution in [1.29, 1.82) is 0 Å². The molecule has 0 atom stereocenters. The van der Waals surface area contributed by atoms with Gasteiger partial charge < -0.3 is 29.4 Å². The lowest BCUT2D eigenvalue weighted by molar-refractivity contribution is 0.393. The molecule has 0 fully saturated rings. The molecular weight excluding hydrogens is 432 g/mol. The highest BCUT2D eigenvalue weighted by atomic mass is 16.5. The second-order valence-electron chi connectivity index (χ2n) is 6.59. The molecule has 170 valence electrons. The number of aromatic hydroxyl groups is 1. The van der Waals surface area contributed by atoms with Crippen molar-refractivity contribution >= 4 is 11.8 Å². The number of imidazole rings is 1. The van der Waals surface area contributed by atoms with Gasteiger partial charge in [0, 0.05) is 7.05 Å². The topological polar surface area (TPSA) is 146 Å². The monoisotopic (exact) mass is 452 g/mol. The van der Waals surface area contributed by atoms with E-state index in [1.54, 1.807) is 62.8 Å². The van der Waals surface area contributed by atoms with Crippen molar-refractivity contribution in [3.8, 4) is 40.9 Å². The molecule has 0 aliphatic heterocycles. The molecule has 0 saturated heterocycles. The standard InChI is InChI=1S/C21H20N6O6/c1-27-17(28)16(23-21(27)29)22-18-24-19(32-14-8-4-12(30-2)5-9-14)26-20(25-18)33-15-10-6-13(31-3)7-11-15/h4-11,28H,1-3H3,(H,23,29)(H,22,24,25,26). The minimum atomic E-state index is -0.520. The number of anilines is 2. The van der Waals surface area contributed by atoms with Gasteiger partial charge in [-0.25, -0.2) is 4.79 Å². The van der Waals surface area contributed by atoms with Gasteiger partial charge in [0.15, 0.2) is 5.82 Å². The van der Waals surface area contributed by atoms with Gasteiger partial charge in [0.25, 0.3) is 0 Å². The predicted molar refractivity (Wildman–Crippen MR) is 117 cm³/mol. The Kier molecular flexibility index (Phi) is 5.98. The number of methoxy groups -OCH3 is 2. The Balaban J connectivity index is 1.65. The van der Waals surface area contributed by atoms with Crippen LogP contribution in [0.1, 0.15) is 0 Å². The Hall–Kier alpha value is -4.74. The SMILES string of the molecule is COc1ccc(Oc2nc(Nc3[nH]c(=O)n(C)c3O)nc(Oc3ccc(OC)cc3)n2)cc1. The minimum Gasteiger partial charge on any atom is -0.497 e. The van der Waals surface area contributed by atoms with Crippen LogP contribution in [0.15, 0.2) is 53.3 Å². The van der Waals surface area contributed by atoms with Gasteiger partial charge in [0.2, 0.25) is 11.8 Å². The average Bonchev–Trinajstić information content (AvgIpc) is 3.06. The summed E-state index contributed by atoms with van der Waals surface area (Å²) in [4.78, 5) is 26.8. The average molecular weight is 452 g/mol. The van der Waals surface area contributed by atoms with E-state index >= 15 is 0 Å². The van der Waals surface area contributed by atoms with Crippen LogP contribution in [0, 0.1) is 0 Å². The van der Waals surface area contributed by atoms with Crippen molar-refractivity contribution in [3.05, 3.63) is 59.0 Å². The summed E-state index contributed by atoms with van der Waals surface area (Å²) in [5.41, 5.74) is -0.520. The van der Waals surface area contributed by atoms with E-state index in [2.05, 4.69) is 25.3 Å². The minimum absolute atomic E-state index is 0.000468. The van der Waals surface area contributed by atoms with Crippen molar-refractivity contribution < 1.29 is 24.1 Å². The molecule has 0 bridgehead atoms. The van der Waals surface area contributed by atoms with Gasteiger partial charge in [0.1, 0.15) is 23.0 Å². The molecule has 0 amide bonds. The zero-order valence-electron chi connectivity index (χ0n) is 17.9. The third kappa shape index (κ3) is 4.95. The second kappa shape index (κ2) is 9.18. The van der Waals surface area contributed by atoms with E-state index in [0.29, 0.717) is 23.0 Å². The fourth-order valence-electron chi connectivity index (χ4n) is 2.69. The molecule has 4 aromatic rings. The van der Waals surface area contributed by atoms with Crippen molar-refractivity contribution in [2.24, 2.45) is 7.05 Å². The molecule has 2 aromatic carbocycles. The number of aromatic amines is 1. The quantitative estimate of drug-likeness (QED) is 0.365. The number of hydrogen-bond donors (Lipinski definition) is 3. The van der Waals surface area contributed by atoms with Crippen LogP contribution in [-0.2, 0) is 7.05 Å². The smallest absolute Gasteiger partial charge is 0.330 e. The first-order valence-electron chi connectivity index (χ1n) is 9.60. The van der Waals surface area contributed by atoms with Gasteiger partial charge >= 0.3 is 17.7 Å². The molecular formula is C21H20N6O6. The van der Waals surface area contributed by atoms with Crippen LogP contribution in [0.2, 0.25) is 0 Å². The normalized spacial score (nSPS) is 10.5. The maximum Gasteiger partial charge on any atom is 0.330 e. The molecule has 0 aliphatic carbocycles. The van der Waals surface area contributed by atoms with Crippen LogP contribution in [0.4, 0.5) is 11.8 Å². The first-order valence-corrected chi connectivity index (χ1v) is 9.60. The number of nitrogens with one attached hydrogen (secondary N) is 2. The molecule has 0 unspecified atom stereocenters. The van der Waals surface area contributed by atoms with E-state index in [1.165, 1.54) is 7.05 Å². The third-order valence-corrected chi connectivity index (χ3v) is 4.45. The molecule has 3 N–H and O–H groups in total. The van der Waals surface area contributed by atoms with Gasteiger partial charge in [-0.05, 0) is 48.5 Å². The Morgan fingerprint density at radius 1 is 0.818 bits per heavy atom. The molecule has 0 spiro atoms. The van der Waals surface area contributed by atoms with Gasteiger partial charge in [-0.15, -0.1) is 4.98 Å². The summed E-state index contributed by atoms with van der Waals surface area (Å²) in [6.07, 6.45) is 0. The summed E-state index contributed by atoms with van der Waals surface area (Å²) in [6, 6.07) is 13.4. The largest absolute Gasteiger partial charge is 0.497 e. The third-order valence-electron chi connectivity index (χ3n) is 4.45. The summed E-state index contributed by atoms with van der Waals surface area (Å²) in [5, 5.41) is 12.8. The Morgan fingerprint density at radius 2 is 1.27 bits per heavy atom. The lowest BCUT2D eigenvalue weighted by atomic mass is 10.3. The summed E-state index contributed by atoms with van der Waals surface area (Å²) in [5.74, 6) is 1.85. The number of benzene rings is 2. The molecule has 33 heavy (non-hydrogen) atoms. The van der Waals surface area contributed by atoms with Crippen molar-refractivity contribution in [1.82, 2.24) is 24.5 Å². The van der Waals surface area contributed by atoms with Gasteiger partial charge in [0.05, 0.1) is 14.2 Å². The molecule has 0 saturated carbocycles. The highest BCUT2D eigenvalue weighted by molar-refractivity contribution is 5.54. The zero-order valence-corrected chi connectivity index (χ0v) is 17.9. The fourth-order valence-corrected chi connectivity index (χ4v) is 2.69. The summed E-state index contributed by atoms with van der Waals surface area (Å²) >= 11 is 0. The van der Waals surface area contributed by atoms with Crippen molar-refractivity contribution in [2.45, 2.75) is 0 Å². The number of rotatable bonds is 8. The lowest BCUT2D eigenvalue weighted by Gasteiger charge is -2.10. The van der Waals surface area contributed by atoms with Crippen LogP contribution >= 0.6 is 0 Å². The first kappa shape index (κ1) is 21.5. The molecule has 2 aromatic heterocycles. The number of nitrogens with zero attached hydrogens (tertiary/aromatic N) is 4. The molecule has 12 heteroatoms. The van der Waals surface area contributed by atoms with E-state index in [0.717, 1.165) is 4.57 Å². The second-order valence-corrected chi connectivity index (χ2v) is 6.59. The molecule has 2 heterocycles. The first-order chi connectivity index (χ1) is 15.9. The van der Waals surface area contributed by atoms with E-state index in [4.69, 9.17) is 18.9 Å². The van der Waals surface area contributed by atoms with Crippen LogP contribution in [0.25, 0.3) is 0 Å². The van der Waals surface area contributed by atoms with Crippen LogP contribution in [-0.4, -0.2) is 43.8 Å². The zero-order chi connectivity index (χ0) is 23.4. The van der Waals surface area contributed by atoms with Crippen LogP contribution in [0.5, 0.6) is 40.9 Å². The van der Waals surface area contributed by atoms with E-state index in [1.807, 2.05) is 0 Å². The molecule has 0 aliphatic rings. The highest BCUT2D eigenvalue weighted by Gasteiger charge is 2.15. The Labute approximate surface area is 187 Å². The molecule has 12 nitrogen and oxygen atoms in total. The van der Waals surface area contributed by atoms with E-state index in [9.17, 15) is 9.90 Å². The Morgan fingerprint density at radius 3 is 1.67 bits per heavy atom. The number of H-pyrrole nitrogens is 1. The summed E-state index contributed by atoms with van der Waals surface area (Å²) < 4.78 is 22.8. The fraction of sp³-hybridized carbons (Fsp3) is 0.143. The number of aromatic nitrogens is 5. The summed E-state index contributed by atoms with van der Waals surface area (Å²) in [7, 11) is 4.53. The highest BCUT2D eigenvalue weighted by Crippen LogP contribution is 2.28. The number of ether oxygens (including phenoxy) is 4. The maximum absolute atomic E-state index is 11.8. The van der Waals surface area contributed by atoms with E-state index < -0.39 is 5.69 Å². The number of hydrogen-bond acceptors (Lipinski definition) is 10. The van der Waals surface area contributed by atoms with Crippen molar-refractivity contribution in [2.75, 3.05) is 19.5 Å².